The van der Waals surface area contributed by atoms with Crippen LogP contribution in [0.2, 0.25) is 0 Å². The van der Waals surface area contributed by atoms with Crippen molar-refractivity contribution < 1.29 is 19.1 Å². The van der Waals surface area contributed by atoms with E-state index < -0.39 is 0 Å². The van der Waals surface area contributed by atoms with Gasteiger partial charge in [-0.25, -0.2) is 4.79 Å². The van der Waals surface area contributed by atoms with Crippen molar-refractivity contribution in [1.82, 2.24) is 5.32 Å². The van der Waals surface area contributed by atoms with Gasteiger partial charge < -0.3 is 14.8 Å². The van der Waals surface area contributed by atoms with Crippen LogP contribution < -0.4 is 15.4 Å². The molecule has 1 aliphatic carbocycles. The zero-order chi connectivity index (χ0) is 20.1. The van der Waals surface area contributed by atoms with Crippen LogP contribution in [0.5, 0.6) is 5.75 Å². The van der Waals surface area contributed by atoms with Crippen LogP contribution in [0.4, 0.5) is 5.00 Å². The van der Waals surface area contributed by atoms with Crippen LogP contribution in [0.3, 0.4) is 0 Å². The molecule has 148 valence electrons. The third kappa shape index (κ3) is 4.88. The maximum Gasteiger partial charge on any atom is 0.341 e. The fourth-order valence-corrected chi connectivity index (χ4v) is 4.69. The van der Waals surface area contributed by atoms with E-state index in [1.54, 1.807) is 6.07 Å². The molecule has 0 fully saturated rings. The van der Waals surface area contributed by atoms with E-state index in [1.807, 2.05) is 25.1 Å². The largest absolute Gasteiger partial charge is 0.484 e. The van der Waals surface area contributed by atoms with Crippen molar-refractivity contribution in [3.63, 3.8) is 0 Å². The summed E-state index contributed by atoms with van der Waals surface area (Å²) in [5.41, 5.74) is 2.60. The zero-order valence-electron chi connectivity index (χ0n) is 15.8. The molecule has 0 unspecified atom stereocenters. The number of ether oxygens (including phenoxy) is 2. The van der Waals surface area contributed by atoms with E-state index in [2.05, 4.69) is 10.6 Å². The summed E-state index contributed by atoms with van der Waals surface area (Å²) in [4.78, 5) is 25.5. The molecule has 28 heavy (non-hydrogen) atoms. The molecular weight excluding hydrogens is 396 g/mol. The van der Waals surface area contributed by atoms with Crippen molar-refractivity contribution in [1.29, 1.82) is 0 Å². The summed E-state index contributed by atoms with van der Waals surface area (Å²) in [6, 6.07) is 7.45. The quantitative estimate of drug-likeness (QED) is 0.571. The van der Waals surface area contributed by atoms with Crippen molar-refractivity contribution in [3.8, 4) is 5.75 Å². The molecule has 1 aromatic heterocycles. The average molecular weight is 419 g/mol. The highest BCUT2D eigenvalue weighted by molar-refractivity contribution is 7.80. The van der Waals surface area contributed by atoms with E-state index in [0.717, 1.165) is 36.8 Å². The summed E-state index contributed by atoms with van der Waals surface area (Å²) < 4.78 is 10.4. The minimum Gasteiger partial charge on any atom is -0.484 e. The number of thiophene rings is 1. The van der Waals surface area contributed by atoms with Gasteiger partial charge in [0.2, 0.25) is 0 Å². The molecule has 2 N–H and O–H groups in total. The van der Waals surface area contributed by atoms with E-state index >= 15 is 0 Å². The number of carbonyl (C=O) groups is 2. The van der Waals surface area contributed by atoms with Gasteiger partial charge in [-0.15, -0.1) is 11.3 Å². The molecule has 0 aliphatic heterocycles. The Balaban J connectivity index is 1.62. The topological polar surface area (TPSA) is 76.7 Å². The highest BCUT2D eigenvalue weighted by Crippen LogP contribution is 2.38. The predicted octanol–water partition coefficient (Wildman–Crippen LogP) is 3.61. The maximum atomic E-state index is 12.3. The normalized spacial score (nSPS) is 12.6. The molecule has 0 atom stereocenters. The van der Waals surface area contributed by atoms with Gasteiger partial charge in [-0.05, 0) is 68.1 Å². The smallest absolute Gasteiger partial charge is 0.341 e. The minimum absolute atomic E-state index is 0.126. The molecule has 1 aliphatic rings. The first kappa shape index (κ1) is 20.3. The lowest BCUT2D eigenvalue weighted by atomic mass is 9.95. The van der Waals surface area contributed by atoms with Crippen LogP contribution in [-0.4, -0.2) is 30.7 Å². The molecule has 0 saturated heterocycles. The number of fused-ring (bicyclic) bond motifs is 1. The van der Waals surface area contributed by atoms with Crippen LogP contribution in [0.1, 0.15) is 39.2 Å². The van der Waals surface area contributed by atoms with Gasteiger partial charge in [0.25, 0.3) is 5.91 Å². The first-order valence-electron chi connectivity index (χ1n) is 9.01. The zero-order valence-corrected chi connectivity index (χ0v) is 17.4. The van der Waals surface area contributed by atoms with Crippen LogP contribution in [0, 0.1) is 6.92 Å². The van der Waals surface area contributed by atoms with Crippen LogP contribution in [0.15, 0.2) is 24.3 Å². The molecule has 1 aromatic carbocycles. The molecule has 0 spiro atoms. The van der Waals surface area contributed by atoms with Crippen LogP contribution in [-0.2, 0) is 22.4 Å². The second-order valence-corrected chi connectivity index (χ2v) is 8.03. The summed E-state index contributed by atoms with van der Waals surface area (Å²) in [5.74, 6) is -0.147. The first-order chi connectivity index (χ1) is 13.5. The Kier molecular flexibility index (Phi) is 6.64. The number of methoxy groups -OCH3 is 1. The lowest BCUT2D eigenvalue weighted by molar-refractivity contribution is -0.121. The molecule has 6 nitrogen and oxygen atoms in total. The Morgan fingerprint density at radius 3 is 2.79 bits per heavy atom. The Bertz CT molecular complexity index is 908. The van der Waals surface area contributed by atoms with Gasteiger partial charge in [-0.2, -0.15) is 0 Å². The third-order valence-electron chi connectivity index (χ3n) is 4.40. The molecule has 3 rings (SSSR count). The number of rotatable bonds is 5. The molecule has 1 heterocycles. The van der Waals surface area contributed by atoms with E-state index in [0.29, 0.717) is 16.3 Å². The van der Waals surface area contributed by atoms with E-state index in [4.69, 9.17) is 21.7 Å². The van der Waals surface area contributed by atoms with Gasteiger partial charge in [-0.1, -0.05) is 12.1 Å². The van der Waals surface area contributed by atoms with Gasteiger partial charge in [0, 0.05) is 4.88 Å². The first-order valence-corrected chi connectivity index (χ1v) is 10.2. The summed E-state index contributed by atoms with van der Waals surface area (Å²) in [6.45, 7) is 1.79. The Morgan fingerprint density at radius 1 is 1.25 bits per heavy atom. The Morgan fingerprint density at radius 2 is 2.04 bits per heavy atom. The number of aryl methyl sites for hydroxylation is 2. The number of amides is 1. The lowest BCUT2D eigenvalue weighted by Crippen LogP contribution is -2.37. The Hall–Kier alpha value is -2.45. The van der Waals surface area contributed by atoms with Crippen molar-refractivity contribution >= 4 is 45.5 Å². The molecule has 2 aromatic rings. The number of benzene rings is 1. The standard InChI is InChI=1S/C20H22N2O4S2/c1-12-6-5-7-13(10-12)26-11-16(23)21-20(27)22-18-17(19(24)25-2)14-8-3-4-9-15(14)28-18/h5-7,10H,3-4,8-9,11H2,1-2H3,(H2,21,22,23,27). The average Bonchev–Trinajstić information content (AvgIpc) is 3.03. The summed E-state index contributed by atoms with van der Waals surface area (Å²) in [7, 11) is 1.36. The second-order valence-electron chi connectivity index (χ2n) is 6.51. The summed E-state index contributed by atoms with van der Waals surface area (Å²) >= 11 is 6.73. The maximum absolute atomic E-state index is 12.3. The number of thiocarbonyl (C=S) groups is 1. The van der Waals surface area contributed by atoms with Gasteiger partial charge in [0.05, 0.1) is 12.7 Å². The van der Waals surface area contributed by atoms with Crippen LogP contribution >= 0.6 is 23.6 Å². The van der Waals surface area contributed by atoms with Crippen LogP contribution in [0.25, 0.3) is 0 Å². The number of nitrogens with one attached hydrogen (secondary N) is 2. The number of hydrogen-bond acceptors (Lipinski definition) is 6. The number of hydrogen-bond donors (Lipinski definition) is 2. The minimum atomic E-state index is -0.390. The highest BCUT2D eigenvalue weighted by atomic mass is 32.1. The van der Waals surface area contributed by atoms with Gasteiger partial charge in [0.1, 0.15) is 10.8 Å². The van der Waals surface area contributed by atoms with E-state index in [-0.39, 0.29) is 23.6 Å². The second kappa shape index (κ2) is 9.16. The predicted molar refractivity (Wildman–Crippen MR) is 113 cm³/mol. The number of carbonyl (C=O) groups excluding carboxylic acids is 2. The van der Waals surface area contributed by atoms with Gasteiger partial charge >= 0.3 is 5.97 Å². The molecule has 1 amide bonds. The van der Waals surface area contributed by atoms with Crippen molar-refractivity contribution in [2.24, 2.45) is 0 Å². The molecule has 0 saturated carbocycles. The Labute approximate surface area is 173 Å². The molecule has 0 bridgehead atoms. The summed E-state index contributed by atoms with van der Waals surface area (Å²) in [6.07, 6.45) is 3.94. The van der Waals surface area contributed by atoms with Crippen molar-refractivity contribution in [3.05, 3.63) is 45.8 Å². The van der Waals surface area contributed by atoms with E-state index in [9.17, 15) is 9.59 Å². The molecular formula is C20H22N2O4S2. The number of anilines is 1. The fourth-order valence-electron chi connectivity index (χ4n) is 3.12. The molecule has 8 heteroatoms. The fraction of sp³-hybridized carbons (Fsp3) is 0.350. The van der Waals surface area contributed by atoms with Gasteiger partial charge in [-0.3, -0.25) is 10.1 Å². The van der Waals surface area contributed by atoms with Crippen molar-refractivity contribution in [2.75, 3.05) is 19.0 Å². The monoisotopic (exact) mass is 418 g/mol. The molecule has 0 radical (unpaired) electrons. The van der Waals surface area contributed by atoms with Gasteiger partial charge in [0.15, 0.2) is 11.7 Å². The summed E-state index contributed by atoms with van der Waals surface area (Å²) in [5, 5.41) is 6.31. The SMILES string of the molecule is COC(=O)c1c(NC(=S)NC(=O)COc2cccc(C)c2)sc2c1CCCC2. The highest BCUT2D eigenvalue weighted by Gasteiger charge is 2.26. The van der Waals surface area contributed by atoms with Crippen molar-refractivity contribution in [2.45, 2.75) is 32.6 Å². The van der Waals surface area contributed by atoms with E-state index in [1.165, 1.54) is 23.3 Å². The number of esters is 1. The third-order valence-corrected chi connectivity index (χ3v) is 5.81. The lowest BCUT2D eigenvalue weighted by Gasteiger charge is -2.12.